The van der Waals surface area contributed by atoms with E-state index in [0.717, 1.165) is 16.7 Å². The number of carbonyl (C=O) groups is 4. The number of carbonyl (C=O) groups excluding carboxylic acids is 4. The molecule has 0 bridgehead atoms. The molecule has 0 aliphatic carbocycles. The summed E-state index contributed by atoms with van der Waals surface area (Å²) < 4.78 is 29.9. The summed E-state index contributed by atoms with van der Waals surface area (Å²) in [6.07, 6.45) is 0.447. The third-order valence-electron chi connectivity index (χ3n) is 7.24. The zero-order valence-corrected chi connectivity index (χ0v) is 28.9. The Kier molecular flexibility index (Phi) is 16.3. The maximum absolute atomic E-state index is 13.5. The summed E-state index contributed by atoms with van der Waals surface area (Å²) in [5, 5.41) is 7.93. The van der Waals surface area contributed by atoms with Crippen molar-refractivity contribution in [2.45, 2.75) is 65.0 Å². The Morgan fingerprint density at radius 3 is 1.82 bits per heavy atom. The van der Waals surface area contributed by atoms with Crippen LogP contribution in [0.15, 0.2) is 104 Å². The van der Waals surface area contributed by atoms with E-state index in [0.29, 0.717) is 6.42 Å². The van der Waals surface area contributed by atoms with Gasteiger partial charge in [-0.05, 0) is 35.4 Å². The molecule has 0 radical (unpaired) electrons. The molecular weight excluding hydrogens is 645 g/mol. The SMILES string of the molecule is C=CCP(=O)(CNC(=O)[C@H](CC(C)C)NC(=O)CC[C@H](NC(=O)OCc1ccccc1)C(=O)OCc1ccccc1)OCc1ccccc1. The Morgan fingerprint density at radius 2 is 1.29 bits per heavy atom. The molecule has 0 fully saturated rings. The third kappa shape index (κ3) is 14.9. The van der Waals surface area contributed by atoms with Gasteiger partial charge in [0.05, 0.1) is 12.9 Å². The van der Waals surface area contributed by atoms with Gasteiger partial charge in [-0.25, -0.2) is 9.59 Å². The minimum atomic E-state index is -3.32. The van der Waals surface area contributed by atoms with Gasteiger partial charge in [0.15, 0.2) is 0 Å². The molecule has 0 saturated carbocycles. The highest BCUT2D eigenvalue weighted by molar-refractivity contribution is 7.59. The van der Waals surface area contributed by atoms with Crippen molar-refractivity contribution in [3.05, 3.63) is 120 Å². The number of hydrogen-bond acceptors (Lipinski definition) is 8. The Labute approximate surface area is 288 Å². The highest BCUT2D eigenvalue weighted by Gasteiger charge is 2.29. The first-order valence-corrected chi connectivity index (χ1v) is 18.2. The molecule has 3 rings (SSSR count). The Hall–Kier alpha value is -4.73. The number of esters is 1. The average Bonchev–Trinajstić information content (AvgIpc) is 3.10. The van der Waals surface area contributed by atoms with Crippen molar-refractivity contribution in [2.75, 3.05) is 12.4 Å². The van der Waals surface area contributed by atoms with E-state index in [2.05, 4.69) is 22.5 Å². The van der Waals surface area contributed by atoms with Crippen LogP contribution in [0.25, 0.3) is 0 Å². The summed E-state index contributed by atoms with van der Waals surface area (Å²) in [5.41, 5.74) is 2.35. The molecule has 3 aromatic rings. The fraction of sp³-hybridized carbons (Fsp3) is 0.351. The van der Waals surface area contributed by atoms with Gasteiger partial charge in [-0.3, -0.25) is 14.2 Å². The standard InChI is InChI=1S/C37H46N3O8P/c1-4-22-49(45,48-26-31-18-12-7-13-19-31)27-38-35(42)33(23-28(2)3)39-34(41)21-20-32(36(43)46-24-29-14-8-5-9-15-29)40-37(44)47-25-30-16-10-6-11-17-30/h4-19,28,32-33H,1,20-27H2,2-3H3,(H,38,42)(H,39,41)(H,40,44)/t32-,33-,49?/m0/s1. The van der Waals surface area contributed by atoms with E-state index in [1.54, 1.807) is 24.3 Å². The maximum atomic E-state index is 13.5. The number of nitrogens with one attached hydrogen (secondary N) is 3. The van der Waals surface area contributed by atoms with Gasteiger partial charge in [-0.1, -0.05) is 111 Å². The molecule has 262 valence electrons. The van der Waals surface area contributed by atoms with E-state index in [9.17, 15) is 23.7 Å². The topological polar surface area (TPSA) is 149 Å². The zero-order chi connectivity index (χ0) is 35.5. The monoisotopic (exact) mass is 691 g/mol. The molecule has 49 heavy (non-hydrogen) atoms. The number of ether oxygens (including phenoxy) is 2. The molecule has 3 N–H and O–H groups in total. The normalized spacial score (nSPS) is 13.3. The van der Waals surface area contributed by atoms with Gasteiger partial charge in [-0.15, -0.1) is 6.58 Å². The second kappa shape index (κ2) is 20.6. The quantitative estimate of drug-likeness (QED) is 0.0733. The van der Waals surface area contributed by atoms with Crippen LogP contribution in [-0.2, 0) is 52.8 Å². The van der Waals surface area contributed by atoms with Crippen LogP contribution in [-0.4, -0.2) is 48.4 Å². The van der Waals surface area contributed by atoms with Crippen LogP contribution in [0.2, 0.25) is 0 Å². The van der Waals surface area contributed by atoms with Crippen molar-refractivity contribution in [3.63, 3.8) is 0 Å². The summed E-state index contributed by atoms with van der Waals surface area (Å²) in [6, 6.07) is 25.2. The number of alkyl carbamates (subject to hydrolysis) is 1. The molecule has 3 aromatic carbocycles. The van der Waals surface area contributed by atoms with Crippen molar-refractivity contribution in [3.8, 4) is 0 Å². The number of hydrogen-bond donors (Lipinski definition) is 3. The summed E-state index contributed by atoms with van der Waals surface area (Å²) in [7, 11) is -3.32. The van der Waals surface area contributed by atoms with Gasteiger partial charge in [0.1, 0.15) is 25.3 Å². The van der Waals surface area contributed by atoms with Gasteiger partial charge in [0.25, 0.3) is 0 Å². The lowest BCUT2D eigenvalue weighted by molar-refractivity contribution is -0.147. The number of amides is 3. The molecule has 3 atom stereocenters. The van der Waals surface area contributed by atoms with Gasteiger partial charge < -0.3 is 29.9 Å². The molecule has 0 saturated heterocycles. The second-order valence-electron chi connectivity index (χ2n) is 11.9. The van der Waals surface area contributed by atoms with Crippen molar-refractivity contribution in [1.82, 2.24) is 16.0 Å². The molecule has 0 aromatic heterocycles. The Morgan fingerprint density at radius 1 is 0.755 bits per heavy atom. The van der Waals surface area contributed by atoms with Gasteiger partial charge in [0, 0.05) is 12.6 Å². The first-order valence-electron chi connectivity index (χ1n) is 16.2. The minimum Gasteiger partial charge on any atom is -0.459 e. The average molecular weight is 692 g/mol. The molecule has 0 aliphatic heterocycles. The summed E-state index contributed by atoms with van der Waals surface area (Å²) in [5.74, 6) is -1.74. The highest BCUT2D eigenvalue weighted by Crippen LogP contribution is 2.46. The van der Waals surface area contributed by atoms with Gasteiger partial charge in [-0.2, -0.15) is 0 Å². The first-order chi connectivity index (χ1) is 23.6. The predicted octanol–water partition coefficient (Wildman–Crippen LogP) is 6.09. The van der Waals surface area contributed by atoms with E-state index >= 15 is 0 Å². The molecule has 0 aliphatic rings. The van der Waals surface area contributed by atoms with Crippen LogP contribution in [0.1, 0.15) is 49.8 Å². The fourth-order valence-electron chi connectivity index (χ4n) is 4.68. The third-order valence-corrected chi connectivity index (χ3v) is 9.30. The number of allylic oxidation sites excluding steroid dienone is 1. The van der Waals surface area contributed by atoms with E-state index in [-0.39, 0.29) is 51.0 Å². The summed E-state index contributed by atoms with van der Waals surface area (Å²) in [6.45, 7) is 7.55. The number of rotatable bonds is 20. The van der Waals surface area contributed by atoms with Crippen LogP contribution in [0.3, 0.4) is 0 Å². The molecule has 12 heteroatoms. The smallest absolute Gasteiger partial charge is 0.408 e. The second-order valence-corrected chi connectivity index (χ2v) is 14.5. The number of benzene rings is 3. The molecular formula is C37H46N3O8P. The van der Waals surface area contributed by atoms with Crippen molar-refractivity contribution in [2.24, 2.45) is 5.92 Å². The lowest BCUT2D eigenvalue weighted by Gasteiger charge is -2.23. The fourth-order valence-corrected chi connectivity index (χ4v) is 6.18. The Balaban J connectivity index is 1.60. The van der Waals surface area contributed by atoms with E-state index in [1.807, 2.05) is 80.6 Å². The van der Waals surface area contributed by atoms with E-state index in [1.165, 1.54) is 6.08 Å². The molecule has 3 amide bonds. The molecule has 0 spiro atoms. The highest BCUT2D eigenvalue weighted by atomic mass is 31.2. The summed E-state index contributed by atoms with van der Waals surface area (Å²) >= 11 is 0. The first kappa shape index (κ1) is 38.7. The van der Waals surface area contributed by atoms with E-state index in [4.69, 9.17) is 14.0 Å². The van der Waals surface area contributed by atoms with Crippen LogP contribution in [0.5, 0.6) is 0 Å². The minimum absolute atomic E-state index is 0.0119. The lowest BCUT2D eigenvalue weighted by Crippen LogP contribution is -2.48. The van der Waals surface area contributed by atoms with Crippen LogP contribution < -0.4 is 16.0 Å². The van der Waals surface area contributed by atoms with Gasteiger partial charge >= 0.3 is 12.1 Å². The molecule has 11 nitrogen and oxygen atoms in total. The predicted molar refractivity (Wildman–Crippen MR) is 187 cm³/mol. The maximum Gasteiger partial charge on any atom is 0.408 e. The van der Waals surface area contributed by atoms with Gasteiger partial charge in [0.2, 0.25) is 19.2 Å². The summed E-state index contributed by atoms with van der Waals surface area (Å²) in [4.78, 5) is 52.1. The largest absolute Gasteiger partial charge is 0.459 e. The van der Waals surface area contributed by atoms with Crippen LogP contribution in [0.4, 0.5) is 4.79 Å². The molecule has 1 unspecified atom stereocenters. The van der Waals surface area contributed by atoms with Crippen molar-refractivity contribution >= 4 is 31.2 Å². The molecule has 0 heterocycles. The zero-order valence-electron chi connectivity index (χ0n) is 28.0. The Bertz CT molecular complexity index is 1540. The van der Waals surface area contributed by atoms with Crippen LogP contribution >= 0.6 is 7.37 Å². The van der Waals surface area contributed by atoms with E-state index < -0.39 is 43.3 Å². The van der Waals surface area contributed by atoms with Crippen LogP contribution in [0, 0.1) is 5.92 Å². The van der Waals surface area contributed by atoms with Crippen molar-refractivity contribution < 1.29 is 37.7 Å². The van der Waals surface area contributed by atoms with Crippen molar-refractivity contribution in [1.29, 1.82) is 0 Å². The lowest BCUT2D eigenvalue weighted by atomic mass is 10.0.